The maximum absolute atomic E-state index is 10.9. The fourth-order valence-corrected chi connectivity index (χ4v) is 0.961. The summed E-state index contributed by atoms with van der Waals surface area (Å²) in [6.07, 6.45) is 4.06. The first kappa shape index (κ1) is 8.53. The summed E-state index contributed by atoms with van der Waals surface area (Å²) >= 11 is 0. The lowest BCUT2D eigenvalue weighted by molar-refractivity contribution is -0.152. The standard InChI is InChI=1S/C8H15NO2/c1-9-6-5-8(10)11-7-3-2-4-7/h7,9H,2-6H2,1H3. The van der Waals surface area contributed by atoms with Crippen molar-refractivity contribution >= 4 is 5.97 Å². The number of ether oxygens (including phenoxy) is 1. The summed E-state index contributed by atoms with van der Waals surface area (Å²) in [5.41, 5.74) is 0. The molecule has 1 fully saturated rings. The Kier molecular flexibility index (Phi) is 3.36. The van der Waals surface area contributed by atoms with Crippen molar-refractivity contribution in [3.05, 3.63) is 0 Å². The summed E-state index contributed by atoms with van der Waals surface area (Å²) in [7, 11) is 1.83. The summed E-state index contributed by atoms with van der Waals surface area (Å²) in [4.78, 5) is 10.9. The van der Waals surface area contributed by atoms with Crippen LogP contribution in [0.2, 0.25) is 0 Å². The van der Waals surface area contributed by atoms with Gasteiger partial charge in [0.05, 0.1) is 6.42 Å². The molecule has 0 unspecified atom stereocenters. The molecule has 3 heteroatoms. The third-order valence-electron chi connectivity index (χ3n) is 1.93. The van der Waals surface area contributed by atoms with E-state index in [1.165, 1.54) is 6.42 Å². The Morgan fingerprint density at radius 2 is 2.36 bits per heavy atom. The lowest BCUT2D eigenvalue weighted by Gasteiger charge is -2.25. The van der Waals surface area contributed by atoms with E-state index in [4.69, 9.17) is 4.74 Å². The van der Waals surface area contributed by atoms with E-state index >= 15 is 0 Å². The van der Waals surface area contributed by atoms with Crippen LogP contribution in [0.1, 0.15) is 25.7 Å². The van der Waals surface area contributed by atoms with Crippen molar-refractivity contribution in [2.75, 3.05) is 13.6 Å². The fraction of sp³-hybridized carbons (Fsp3) is 0.875. The smallest absolute Gasteiger partial charge is 0.307 e. The zero-order valence-electron chi connectivity index (χ0n) is 6.93. The highest BCUT2D eigenvalue weighted by atomic mass is 16.5. The molecule has 0 spiro atoms. The average molecular weight is 157 g/mol. The summed E-state index contributed by atoms with van der Waals surface area (Å²) in [6.45, 7) is 0.714. The highest BCUT2D eigenvalue weighted by molar-refractivity contribution is 5.69. The molecule has 0 aromatic heterocycles. The molecule has 1 aliphatic carbocycles. The van der Waals surface area contributed by atoms with Crippen molar-refractivity contribution < 1.29 is 9.53 Å². The number of carbonyl (C=O) groups is 1. The number of rotatable bonds is 4. The molecule has 0 atom stereocenters. The van der Waals surface area contributed by atoms with Crippen LogP contribution in [0.25, 0.3) is 0 Å². The van der Waals surface area contributed by atoms with Crippen LogP contribution in [0.3, 0.4) is 0 Å². The molecule has 0 radical (unpaired) electrons. The van der Waals surface area contributed by atoms with Crippen molar-refractivity contribution in [3.8, 4) is 0 Å². The molecular weight excluding hydrogens is 142 g/mol. The van der Waals surface area contributed by atoms with E-state index in [9.17, 15) is 4.79 Å². The van der Waals surface area contributed by atoms with Gasteiger partial charge in [0.1, 0.15) is 6.10 Å². The van der Waals surface area contributed by atoms with Crippen LogP contribution in [0.15, 0.2) is 0 Å². The molecule has 11 heavy (non-hydrogen) atoms. The van der Waals surface area contributed by atoms with Gasteiger partial charge in [0, 0.05) is 6.54 Å². The normalized spacial score (nSPS) is 17.5. The minimum absolute atomic E-state index is 0.0657. The van der Waals surface area contributed by atoms with E-state index in [1.54, 1.807) is 0 Å². The summed E-state index contributed by atoms with van der Waals surface area (Å²) in [6, 6.07) is 0. The zero-order chi connectivity index (χ0) is 8.10. The monoisotopic (exact) mass is 157 g/mol. The molecule has 0 saturated heterocycles. The van der Waals surface area contributed by atoms with Crippen LogP contribution < -0.4 is 5.32 Å². The first-order valence-electron chi connectivity index (χ1n) is 4.17. The maximum atomic E-state index is 10.9. The fourth-order valence-electron chi connectivity index (χ4n) is 0.961. The molecule has 1 N–H and O–H groups in total. The number of esters is 1. The third kappa shape index (κ3) is 2.89. The molecule has 0 aromatic rings. The summed E-state index contributed by atoms with van der Waals surface area (Å²) < 4.78 is 5.11. The van der Waals surface area contributed by atoms with E-state index in [0.717, 1.165) is 12.8 Å². The van der Waals surface area contributed by atoms with Crippen molar-refractivity contribution in [2.45, 2.75) is 31.8 Å². The van der Waals surface area contributed by atoms with E-state index in [-0.39, 0.29) is 12.1 Å². The molecule has 0 bridgehead atoms. The van der Waals surface area contributed by atoms with Crippen molar-refractivity contribution in [2.24, 2.45) is 0 Å². The SMILES string of the molecule is CNCCC(=O)OC1CCC1. The maximum Gasteiger partial charge on any atom is 0.307 e. The van der Waals surface area contributed by atoms with E-state index in [2.05, 4.69) is 5.32 Å². The van der Waals surface area contributed by atoms with Gasteiger partial charge in [-0.05, 0) is 26.3 Å². The third-order valence-corrected chi connectivity index (χ3v) is 1.93. The molecule has 0 aromatic carbocycles. The van der Waals surface area contributed by atoms with Gasteiger partial charge in [-0.2, -0.15) is 0 Å². The molecular formula is C8H15NO2. The van der Waals surface area contributed by atoms with Crippen LogP contribution in [0, 0.1) is 0 Å². The second-order valence-electron chi connectivity index (χ2n) is 2.90. The first-order valence-corrected chi connectivity index (χ1v) is 4.17. The number of carbonyl (C=O) groups excluding carboxylic acids is 1. The first-order chi connectivity index (χ1) is 5.33. The van der Waals surface area contributed by atoms with Gasteiger partial charge in [0.15, 0.2) is 0 Å². The van der Waals surface area contributed by atoms with E-state index < -0.39 is 0 Å². The Bertz CT molecular complexity index is 132. The Morgan fingerprint density at radius 1 is 1.64 bits per heavy atom. The Labute approximate surface area is 67.1 Å². The molecule has 0 heterocycles. The second kappa shape index (κ2) is 4.34. The number of hydrogen-bond donors (Lipinski definition) is 1. The topological polar surface area (TPSA) is 38.3 Å². The van der Waals surface area contributed by atoms with Gasteiger partial charge in [0.2, 0.25) is 0 Å². The average Bonchev–Trinajstić information content (AvgIpc) is 1.93. The van der Waals surface area contributed by atoms with E-state index in [0.29, 0.717) is 13.0 Å². The van der Waals surface area contributed by atoms with Gasteiger partial charge in [0.25, 0.3) is 0 Å². The highest BCUT2D eigenvalue weighted by Crippen LogP contribution is 2.22. The van der Waals surface area contributed by atoms with Gasteiger partial charge in [-0.25, -0.2) is 0 Å². The molecule has 0 amide bonds. The lowest BCUT2D eigenvalue weighted by atomic mass is 9.96. The quantitative estimate of drug-likeness (QED) is 0.610. The van der Waals surface area contributed by atoms with Gasteiger partial charge >= 0.3 is 5.97 Å². The Morgan fingerprint density at radius 3 is 2.82 bits per heavy atom. The zero-order valence-corrected chi connectivity index (χ0v) is 6.93. The summed E-state index contributed by atoms with van der Waals surface area (Å²) in [5.74, 6) is -0.0657. The van der Waals surface area contributed by atoms with Crippen molar-refractivity contribution in [1.82, 2.24) is 5.32 Å². The van der Waals surface area contributed by atoms with Crippen LogP contribution in [0.4, 0.5) is 0 Å². The van der Waals surface area contributed by atoms with Crippen LogP contribution in [0.5, 0.6) is 0 Å². The van der Waals surface area contributed by atoms with Crippen molar-refractivity contribution in [1.29, 1.82) is 0 Å². The minimum atomic E-state index is -0.0657. The number of nitrogens with one attached hydrogen (secondary N) is 1. The van der Waals surface area contributed by atoms with Gasteiger partial charge < -0.3 is 10.1 Å². The second-order valence-corrected chi connectivity index (χ2v) is 2.90. The predicted octanol–water partition coefficient (Wildman–Crippen LogP) is 0.692. The number of hydrogen-bond acceptors (Lipinski definition) is 3. The molecule has 1 aliphatic rings. The largest absolute Gasteiger partial charge is 0.462 e. The molecule has 1 rings (SSSR count). The van der Waals surface area contributed by atoms with Gasteiger partial charge in [-0.1, -0.05) is 0 Å². The van der Waals surface area contributed by atoms with Gasteiger partial charge in [-0.3, -0.25) is 4.79 Å². The molecule has 64 valence electrons. The van der Waals surface area contributed by atoms with Crippen molar-refractivity contribution in [3.63, 3.8) is 0 Å². The predicted molar refractivity (Wildman–Crippen MR) is 42.3 cm³/mol. The van der Waals surface area contributed by atoms with E-state index in [1.807, 2.05) is 7.05 Å². The molecule has 0 aliphatic heterocycles. The Balaban J connectivity index is 2.00. The van der Waals surface area contributed by atoms with Crippen LogP contribution in [-0.2, 0) is 9.53 Å². The van der Waals surface area contributed by atoms with Crippen LogP contribution >= 0.6 is 0 Å². The summed E-state index contributed by atoms with van der Waals surface area (Å²) in [5, 5.41) is 2.91. The molecule has 3 nitrogen and oxygen atoms in total. The lowest BCUT2D eigenvalue weighted by Crippen LogP contribution is -2.26. The highest BCUT2D eigenvalue weighted by Gasteiger charge is 2.20. The minimum Gasteiger partial charge on any atom is -0.462 e. The molecule has 1 saturated carbocycles. The van der Waals surface area contributed by atoms with Gasteiger partial charge in [-0.15, -0.1) is 0 Å². The Hall–Kier alpha value is -0.570. The van der Waals surface area contributed by atoms with Crippen LogP contribution in [-0.4, -0.2) is 25.7 Å².